The molecule has 2 atom stereocenters. The van der Waals surface area contributed by atoms with Crippen molar-refractivity contribution < 1.29 is 4.74 Å². The minimum Gasteiger partial charge on any atom is -0.384 e. The van der Waals surface area contributed by atoms with Crippen molar-refractivity contribution in [2.45, 2.75) is 65.8 Å². The number of hydrogen-bond acceptors (Lipinski definition) is 3. The molecule has 2 rings (SSSR count). The van der Waals surface area contributed by atoms with Crippen LogP contribution in [0.2, 0.25) is 0 Å². The summed E-state index contributed by atoms with van der Waals surface area (Å²) in [6.07, 6.45) is 8.90. The summed E-state index contributed by atoms with van der Waals surface area (Å²) in [7, 11) is 1.82. The number of methoxy groups -OCH3 is 1. The highest BCUT2D eigenvalue weighted by Crippen LogP contribution is 2.29. The fraction of sp³-hybridized carbons (Fsp3) is 0.905. The van der Waals surface area contributed by atoms with E-state index in [1.54, 1.807) is 5.57 Å². The Labute approximate surface area is 150 Å². The quantitative estimate of drug-likeness (QED) is 0.676. The van der Waals surface area contributed by atoms with Gasteiger partial charge in [-0.2, -0.15) is 0 Å². The maximum absolute atomic E-state index is 5.36. The molecule has 24 heavy (non-hydrogen) atoms. The summed E-state index contributed by atoms with van der Waals surface area (Å²) < 4.78 is 5.36. The molecule has 2 aliphatic rings. The van der Waals surface area contributed by atoms with Gasteiger partial charge < -0.3 is 15.0 Å². The molecule has 1 unspecified atom stereocenters. The van der Waals surface area contributed by atoms with Crippen molar-refractivity contribution in [1.82, 2.24) is 10.2 Å². The van der Waals surface area contributed by atoms with Crippen molar-refractivity contribution in [1.29, 1.82) is 0 Å². The third-order valence-electron chi connectivity index (χ3n) is 5.79. The van der Waals surface area contributed by atoms with Crippen LogP contribution in [0.1, 0.15) is 59.8 Å². The molecule has 0 radical (unpaired) electrons. The molecule has 1 saturated heterocycles. The number of allylic oxidation sites excluding steroid dienone is 1. The molecule has 0 saturated carbocycles. The Kier molecular flexibility index (Phi) is 7.77. The lowest BCUT2D eigenvalue weighted by atomic mass is 9.84. The molecule has 0 amide bonds. The zero-order valence-electron chi connectivity index (χ0n) is 16.7. The first-order valence-electron chi connectivity index (χ1n) is 10.0. The van der Waals surface area contributed by atoms with Crippen LogP contribution in [-0.4, -0.2) is 50.8 Å². The van der Waals surface area contributed by atoms with Gasteiger partial charge in [-0.15, -0.1) is 0 Å². The van der Waals surface area contributed by atoms with E-state index in [1.165, 1.54) is 51.7 Å². The molecule has 0 aromatic carbocycles. The Balaban J connectivity index is 1.82. The van der Waals surface area contributed by atoms with Crippen molar-refractivity contribution in [3.63, 3.8) is 0 Å². The molecule has 3 heteroatoms. The topological polar surface area (TPSA) is 24.5 Å². The van der Waals surface area contributed by atoms with E-state index < -0.39 is 0 Å². The third-order valence-corrected chi connectivity index (χ3v) is 5.79. The van der Waals surface area contributed by atoms with Gasteiger partial charge in [0.15, 0.2) is 0 Å². The number of hydrogen-bond donors (Lipinski definition) is 1. The van der Waals surface area contributed by atoms with Crippen LogP contribution in [-0.2, 0) is 4.74 Å². The van der Waals surface area contributed by atoms with Crippen molar-refractivity contribution in [3.8, 4) is 0 Å². The van der Waals surface area contributed by atoms with Crippen LogP contribution in [0, 0.1) is 17.3 Å². The lowest BCUT2D eigenvalue weighted by molar-refractivity contribution is 0.101. The van der Waals surface area contributed by atoms with Crippen LogP contribution >= 0.6 is 0 Å². The standard InChI is InChI=1S/C21H40N2O/c1-17(2)20(14-23-11-7-10-21(3,4)16-23)22-13-18-8-6-9-19(12-18)15-24-5/h8,17,19-20,22H,6-7,9-16H2,1-5H3/t19?,20-/m0/s1. The molecule has 1 fully saturated rings. The van der Waals surface area contributed by atoms with Crippen molar-refractivity contribution >= 4 is 0 Å². The summed E-state index contributed by atoms with van der Waals surface area (Å²) in [4.78, 5) is 2.68. The third kappa shape index (κ3) is 6.50. The Morgan fingerprint density at radius 3 is 2.83 bits per heavy atom. The Morgan fingerprint density at radius 1 is 1.38 bits per heavy atom. The largest absolute Gasteiger partial charge is 0.384 e. The molecule has 1 heterocycles. The highest BCUT2D eigenvalue weighted by atomic mass is 16.5. The van der Waals surface area contributed by atoms with Gasteiger partial charge in [0.25, 0.3) is 0 Å². The lowest BCUT2D eigenvalue weighted by Gasteiger charge is -2.40. The predicted molar refractivity (Wildman–Crippen MR) is 103 cm³/mol. The lowest BCUT2D eigenvalue weighted by Crippen LogP contribution is -2.49. The van der Waals surface area contributed by atoms with E-state index in [0.717, 1.165) is 19.1 Å². The first-order chi connectivity index (χ1) is 11.4. The van der Waals surface area contributed by atoms with E-state index >= 15 is 0 Å². The van der Waals surface area contributed by atoms with E-state index in [0.29, 0.717) is 17.4 Å². The predicted octanol–water partition coefficient (Wildman–Crippen LogP) is 4.10. The van der Waals surface area contributed by atoms with E-state index in [-0.39, 0.29) is 0 Å². The molecule has 3 nitrogen and oxygen atoms in total. The van der Waals surface area contributed by atoms with Crippen LogP contribution in [0.4, 0.5) is 0 Å². The second-order valence-corrected chi connectivity index (χ2v) is 9.20. The normalized spacial score (nSPS) is 26.4. The fourth-order valence-corrected chi connectivity index (χ4v) is 4.35. The molecule has 1 aliphatic heterocycles. The van der Waals surface area contributed by atoms with Crippen molar-refractivity contribution in [3.05, 3.63) is 11.6 Å². The van der Waals surface area contributed by atoms with Gasteiger partial charge in [-0.3, -0.25) is 0 Å². The van der Waals surface area contributed by atoms with Gasteiger partial charge in [0.1, 0.15) is 0 Å². The fourth-order valence-electron chi connectivity index (χ4n) is 4.35. The molecular weight excluding hydrogens is 296 g/mol. The smallest absolute Gasteiger partial charge is 0.0493 e. The molecule has 0 spiro atoms. The van der Waals surface area contributed by atoms with Crippen molar-refractivity contribution in [2.24, 2.45) is 17.3 Å². The molecular formula is C21H40N2O. The molecule has 1 N–H and O–H groups in total. The monoisotopic (exact) mass is 336 g/mol. The highest BCUT2D eigenvalue weighted by Gasteiger charge is 2.28. The number of piperidine rings is 1. The van der Waals surface area contributed by atoms with E-state index in [4.69, 9.17) is 4.74 Å². The van der Waals surface area contributed by atoms with Crippen LogP contribution in [0.25, 0.3) is 0 Å². The first-order valence-corrected chi connectivity index (χ1v) is 10.0. The van der Waals surface area contributed by atoms with Gasteiger partial charge in [-0.1, -0.05) is 39.3 Å². The van der Waals surface area contributed by atoms with Crippen LogP contribution in [0.5, 0.6) is 0 Å². The molecule has 0 aromatic rings. The molecule has 1 aliphatic carbocycles. The minimum absolute atomic E-state index is 0.485. The van der Waals surface area contributed by atoms with Crippen LogP contribution < -0.4 is 5.32 Å². The summed E-state index contributed by atoms with van der Waals surface area (Å²) in [5.74, 6) is 1.39. The Bertz CT molecular complexity index is 403. The summed E-state index contributed by atoms with van der Waals surface area (Å²) in [6.45, 7) is 15.2. The maximum atomic E-state index is 5.36. The van der Waals surface area contributed by atoms with Gasteiger partial charge in [0.2, 0.25) is 0 Å². The second kappa shape index (κ2) is 9.35. The SMILES string of the molecule is COCC1CCC=C(CN[C@@H](CN2CCCC(C)(C)C2)C(C)C)C1. The first kappa shape index (κ1) is 19.9. The molecule has 140 valence electrons. The molecule has 0 aromatic heterocycles. The highest BCUT2D eigenvalue weighted by molar-refractivity contribution is 5.09. The average Bonchev–Trinajstić information content (AvgIpc) is 2.51. The maximum Gasteiger partial charge on any atom is 0.0493 e. The Morgan fingerprint density at radius 2 is 2.17 bits per heavy atom. The minimum atomic E-state index is 0.485. The number of nitrogens with one attached hydrogen (secondary N) is 1. The average molecular weight is 337 g/mol. The van der Waals surface area contributed by atoms with Crippen molar-refractivity contribution in [2.75, 3.05) is 39.9 Å². The summed E-state index contributed by atoms with van der Waals surface area (Å²) in [5.41, 5.74) is 2.08. The molecule has 0 bridgehead atoms. The summed E-state index contributed by atoms with van der Waals surface area (Å²) >= 11 is 0. The van der Waals surface area contributed by atoms with E-state index in [9.17, 15) is 0 Å². The second-order valence-electron chi connectivity index (χ2n) is 9.20. The van der Waals surface area contributed by atoms with Gasteiger partial charge in [-0.25, -0.2) is 0 Å². The number of rotatable bonds is 8. The van der Waals surface area contributed by atoms with Gasteiger partial charge in [-0.05, 0) is 55.9 Å². The van der Waals surface area contributed by atoms with E-state index in [2.05, 4.69) is 44.0 Å². The van der Waals surface area contributed by atoms with Gasteiger partial charge in [0.05, 0.1) is 0 Å². The van der Waals surface area contributed by atoms with Crippen LogP contribution in [0.15, 0.2) is 11.6 Å². The van der Waals surface area contributed by atoms with Gasteiger partial charge >= 0.3 is 0 Å². The summed E-state index contributed by atoms with van der Waals surface area (Å²) in [5, 5.41) is 3.88. The van der Waals surface area contributed by atoms with Gasteiger partial charge in [0, 0.05) is 39.4 Å². The number of likely N-dealkylation sites (tertiary alicyclic amines) is 1. The zero-order valence-corrected chi connectivity index (χ0v) is 16.7. The number of ether oxygens (including phenoxy) is 1. The zero-order chi connectivity index (χ0) is 17.6. The summed E-state index contributed by atoms with van der Waals surface area (Å²) in [6, 6.07) is 0.586. The van der Waals surface area contributed by atoms with E-state index in [1.807, 2.05) is 7.11 Å². The Hall–Kier alpha value is -0.380. The number of nitrogens with zero attached hydrogens (tertiary/aromatic N) is 1. The van der Waals surface area contributed by atoms with Crippen LogP contribution in [0.3, 0.4) is 0 Å².